The number of aromatic nitrogens is 2. The normalized spacial score (nSPS) is 9.71. The van der Waals surface area contributed by atoms with Gasteiger partial charge in [0.2, 0.25) is 0 Å². The molecule has 0 atom stereocenters. The molecular formula is C20H14N2O2. The molecule has 4 nitrogen and oxygen atoms in total. The second kappa shape index (κ2) is 7.21. The Bertz CT molecular complexity index is 890. The Morgan fingerprint density at radius 3 is 2.21 bits per heavy atom. The van der Waals surface area contributed by atoms with E-state index in [4.69, 9.17) is 0 Å². The van der Waals surface area contributed by atoms with Crippen LogP contribution in [0, 0.1) is 11.8 Å². The fraction of sp³-hybridized carbons (Fsp3) is 0.0500. The Kier molecular flexibility index (Phi) is 4.64. The summed E-state index contributed by atoms with van der Waals surface area (Å²) in [6.07, 6.45) is 3.46. The Balaban J connectivity index is 1.75. The van der Waals surface area contributed by atoms with Crippen LogP contribution < -0.4 is 0 Å². The van der Waals surface area contributed by atoms with Crippen molar-refractivity contribution in [2.75, 3.05) is 7.11 Å². The molecule has 4 heteroatoms. The van der Waals surface area contributed by atoms with E-state index in [-0.39, 0.29) is 5.97 Å². The first kappa shape index (κ1) is 15.4. The van der Waals surface area contributed by atoms with Crippen molar-refractivity contribution in [2.45, 2.75) is 0 Å². The number of nitrogens with zero attached hydrogens (tertiary/aromatic N) is 2. The molecular weight excluding hydrogens is 300 g/mol. The van der Waals surface area contributed by atoms with Gasteiger partial charge in [-0.25, -0.2) is 4.79 Å². The molecule has 0 radical (unpaired) electrons. The van der Waals surface area contributed by atoms with Crippen molar-refractivity contribution in [3.63, 3.8) is 0 Å². The van der Waals surface area contributed by atoms with Gasteiger partial charge in [0.15, 0.2) is 0 Å². The van der Waals surface area contributed by atoms with E-state index in [1.165, 1.54) is 7.11 Å². The summed E-state index contributed by atoms with van der Waals surface area (Å²) in [6.45, 7) is 0. The molecule has 0 saturated heterocycles. The summed E-state index contributed by atoms with van der Waals surface area (Å²) in [5.41, 5.74) is 3.77. The highest BCUT2D eigenvalue weighted by molar-refractivity contribution is 5.89. The number of hydrogen-bond acceptors (Lipinski definition) is 4. The zero-order valence-electron chi connectivity index (χ0n) is 13.1. The van der Waals surface area contributed by atoms with Gasteiger partial charge in [0.1, 0.15) is 0 Å². The molecule has 0 saturated carbocycles. The standard InChI is InChI=1S/C20H14N2O2/c1-24-20(23)17-10-7-15(8-11-17)5-6-16-9-12-19(22-14-16)18-4-2-3-13-21-18/h2-4,7-14H,1H3. The quantitative estimate of drug-likeness (QED) is 0.538. The van der Waals surface area contributed by atoms with E-state index in [0.29, 0.717) is 5.56 Å². The van der Waals surface area contributed by atoms with Gasteiger partial charge in [-0.3, -0.25) is 9.97 Å². The molecule has 3 aromatic rings. The van der Waals surface area contributed by atoms with E-state index < -0.39 is 0 Å². The second-order valence-corrected chi connectivity index (χ2v) is 4.97. The van der Waals surface area contributed by atoms with E-state index in [2.05, 4.69) is 26.5 Å². The van der Waals surface area contributed by atoms with Gasteiger partial charge in [0, 0.05) is 23.5 Å². The maximum Gasteiger partial charge on any atom is 0.337 e. The lowest BCUT2D eigenvalue weighted by Crippen LogP contribution is -2.00. The molecule has 116 valence electrons. The Labute approximate surface area is 140 Å². The first-order valence-electron chi connectivity index (χ1n) is 7.34. The zero-order valence-corrected chi connectivity index (χ0v) is 13.1. The predicted molar refractivity (Wildman–Crippen MR) is 91.2 cm³/mol. The fourth-order valence-corrected chi connectivity index (χ4v) is 2.09. The van der Waals surface area contributed by atoms with Gasteiger partial charge in [-0.2, -0.15) is 0 Å². The number of rotatable bonds is 2. The van der Waals surface area contributed by atoms with Gasteiger partial charge in [0.25, 0.3) is 0 Å². The van der Waals surface area contributed by atoms with Crippen LogP contribution in [0.2, 0.25) is 0 Å². The van der Waals surface area contributed by atoms with E-state index in [1.54, 1.807) is 36.7 Å². The molecule has 0 aliphatic heterocycles. The summed E-state index contributed by atoms with van der Waals surface area (Å²) in [5, 5.41) is 0. The summed E-state index contributed by atoms with van der Waals surface area (Å²) in [6, 6.07) is 16.5. The Morgan fingerprint density at radius 2 is 1.58 bits per heavy atom. The highest BCUT2D eigenvalue weighted by Crippen LogP contribution is 2.13. The van der Waals surface area contributed by atoms with Crippen molar-refractivity contribution in [1.82, 2.24) is 9.97 Å². The average molecular weight is 314 g/mol. The lowest BCUT2D eigenvalue weighted by molar-refractivity contribution is 0.0600. The smallest absolute Gasteiger partial charge is 0.337 e. The highest BCUT2D eigenvalue weighted by Gasteiger charge is 2.03. The summed E-state index contributed by atoms with van der Waals surface area (Å²) < 4.78 is 4.66. The molecule has 0 aliphatic rings. The number of benzene rings is 1. The lowest BCUT2D eigenvalue weighted by atomic mass is 10.1. The van der Waals surface area contributed by atoms with Crippen LogP contribution >= 0.6 is 0 Å². The van der Waals surface area contributed by atoms with Crippen LogP contribution in [0.1, 0.15) is 21.5 Å². The van der Waals surface area contributed by atoms with E-state index in [0.717, 1.165) is 22.5 Å². The third-order valence-electron chi connectivity index (χ3n) is 3.35. The summed E-state index contributed by atoms with van der Waals surface area (Å²) in [7, 11) is 1.36. The van der Waals surface area contributed by atoms with Crippen molar-refractivity contribution >= 4 is 5.97 Å². The molecule has 2 aromatic heterocycles. The zero-order chi connectivity index (χ0) is 16.8. The van der Waals surface area contributed by atoms with Gasteiger partial charge in [0.05, 0.1) is 24.1 Å². The van der Waals surface area contributed by atoms with Crippen molar-refractivity contribution in [3.8, 4) is 23.2 Å². The molecule has 2 heterocycles. The van der Waals surface area contributed by atoms with Gasteiger partial charge >= 0.3 is 5.97 Å². The number of ether oxygens (including phenoxy) is 1. The SMILES string of the molecule is COC(=O)c1ccc(C#Cc2ccc(-c3ccccn3)nc2)cc1. The van der Waals surface area contributed by atoms with Crippen molar-refractivity contribution < 1.29 is 9.53 Å². The summed E-state index contributed by atoms with van der Waals surface area (Å²) in [4.78, 5) is 20.0. The largest absolute Gasteiger partial charge is 0.465 e. The minimum absolute atomic E-state index is 0.358. The molecule has 0 N–H and O–H groups in total. The van der Waals surface area contributed by atoms with Crippen LogP contribution in [-0.2, 0) is 4.74 Å². The van der Waals surface area contributed by atoms with Crippen LogP contribution in [0.25, 0.3) is 11.4 Å². The third-order valence-corrected chi connectivity index (χ3v) is 3.35. The average Bonchev–Trinajstić information content (AvgIpc) is 2.67. The fourth-order valence-electron chi connectivity index (χ4n) is 2.09. The van der Waals surface area contributed by atoms with Gasteiger partial charge in [-0.15, -0.1) is 0 Å². The Hall–Kier alpha value is -3.45. The van der Waals surface area contributed by atoms with Crippen molar-refractivity contribution in [1.29, 1.82) is 0 Å². The van der Waals surface area contributed by atoms with Crippen LogP contribution in [0.15, 0.2) is 67.0 Å². The number of hydrogen-bond donors (Lipinski definition) is 0. The number of esters is 1. The minimum Gasteiger partial charge on any atom is -0.465 e. The minimum atomic E-state index is -0.358. The van der Waals surface area contributed by atoms with Crippen LogP contribution in [0.4, 0.5) is 0 Å². The summed E-state index contributed by atoms with van der Waals surface area (Å²) >= 11 is 0. The molecule has 3 rings (SSSR count). The van der Waals surface area contributed by atoms with E-state index in [9.17, 15) is 4.79 Å². The first-order valence-corrected chi connectivity index (χ1v) is 7.34. The molecule has 0 bridgehead atoms. The maximum absolute atomic E-state index is 11.4. The van der Waals surface area contributed by atoms with Crippen LogP contribution in [0.5, 0.6) is 0 Å². The number of methoxy groups -OCH3 is 1. The van der Waals surface area contributed by atoms with Gasteiger partial charge in [-0.05, 0) is 48.5 Å². The van der Waals surface area contributed by atoms with Gasteiger partial charge < -0.3 is 4.74 Å². The Morgan fingerprint density at radius 1 is 0.875 bits per heavy atom. The molecule has 24 heavy (non-hydrogen) atoms. The molecule has 0 aliphatic carbocycles. The van der Waals surface area contributed by atoms with Gasteiger partial charge in [-0.1, -0.05) is 17.9 Å². The van der Waals surface area contributed by atoms with Crippen molar-refractivity contribution in [2.24, 2.45) is 0 Å². The molecule has 1 aromatic carbocycles. The first-order chi connectivity index (χ1) is 11.8. The molecule has 0 fully saturated rings. The van der Waals surface area contributed by atoms with E-state index >= 15 is 0 Å². The van der Waals surface area contributed by atoms with Crippen molar-refractivity contribution in [3.05, 3.63) is 83.7 Å². The summed E-state index contributed by atoms with van der Waals surface area (Å²) in [5.74, 6) is 5.74. The van der Waals surface area contributed by atoms with Crippen LogP contribution in [-0.4, -0.2) is 23.0 Å². The molecule has 0 amide bonds. The number of pyridine rings is 2. The number of carbonyl (C=O) groups is 1. The second-order valence-electron chi connectivity index (χ2n) is 4.97. The monoisotopic (exact) mass is 314 g/mol. The topological polar surface area (TPSA) is 52.1 Å². The number of carbonyl (C=O) groups excluding carboxylic acids is 1. The molecule has 0 spiro atoms. The highest BCUT2D eigenvalue weighted by atomic mass is 16.5. The lowest BCUT2D eigenvalue weighted by Gasteiger charge is -1.99. The van der Waals surface area contributed by atoms with E-state index in [1.807, 2.05) is 30.3 Å². The molecule has 0 unspecified atom stereocenters. The maximum atomic E-state index is 11.4. The predicted octanol–water partition coefficient (Wildman–Crippen LogP) is 3.33. The third kappa shape index (κ3) is 3.65. The van der Waals surface area contributed by atoms with Crippen LogP contribution in [0.3, 0.4) is 0 Å².